The van der Waals surface area contributed by atoms with Crippen molar-refractivity contribution in [1.29, 1.82) is 0 Å². The van der Waals surface area contributed by atoms with E-state index in [2.05, 4.69) is 49.9 Å². The molecule has 1 aliphatic carbocycles. The van der Waals surface area contributed by atoms with E-state index in [0.29, 0.717) is 0 Å². The Hall–Kier alpha value is -3.45. The maximum Gasteiger partial charge on any atom is 0.0992 e. The molecule has 7 nitrogen and oxygen atoms in total. The Labute approximate surface area is 180 Å². The summed E-state index contributed by atoms with van der Waals surface area (Å²) < 4.78 is 3.81. The fourth-order valence-electron chi connectivity index (χ4n) is 4.38. The summed E-state index contributed by atoms with van der Waals surface area (Å²) in [4.78, 5) is 7.79. The maximum absolute atomic E-state index is 4.40. The molecule has 0 radical (unpaired) electrons. The lowest BCUT2D eigenvalue weighted by atomic mass is 9.85. The molecule has 1 saturated carbocycles. The highest BCUT2D eigenvalue weighted by molar-refractivity contribution is 5.81. The number of pyridine rings is 1. The van der Waals surface area contributed by atoms with E-state index < -0.39 is 0 Å². The molecule has 0 saturated heterocycles. The number of nitrogens with zero attached hydrogens (tertiary/aromatic N) is 5. The van der Waals surface area contributed by atoms with Gasteiger partial charge in [-0.2, -0.15) is 0 Å². The van der Waals surface area contributed by atoms with E-state index in [9.17, 15) is 0 Å². The Kier molecular flexibility index (Phi) is 4.53. The first-order valence-corrected chi connectivity index (χ1v) is 11.0. The molecule has 156 valence electrons. The first kappa shape index (κ1) is 18.3. The third kappa shape index (κ3) is 3.61. The Morgan fingerprint density at radius 3 is 3.03 bits per heavy atom. The summed E-state index contributed by atoms with van der Waals surface area (Å²) in [6.07, 6.45) is 12.5. The molecule has 6 rings (SSSR count). The second-order valence-corrected chi connectivity index (χ2v) is 8.55. The number of rotatable bonds is 7. The number of fused-ring (bicyclic) bond motifs is 2. The first-order chi connectivity index (χ1) is 15.3. The van der Waals surface area contributed by atoms with Gasteiger partial charge in [-0.05, 0) is 60.5 Å². The lowest BCUT2D eigenvalue weighted by Gasteiger charge is -2.25. The van der Waals surface area contributed by atoms with Gasteiger partial charge in [0.15, 0.2) is 0 Å². The largest absolute Gasteiger partial charge is 0.357 e. The Morgan fingerprint density at radius 2 is 2.13 bits per heavy atom. The van der Waals surface area contributed by atoms with Gasteiger partial charge in [-0.1, -0.05) is 23.8 Å². The first-order valence-electron chi connectivity index (χ1n) is 11.0. The van der Waals surface area contributed by atoms with E-state index >= 15 is 0 Å². The van der Waals surface area contributed by atoms with Gasteiger partial charge in [-0.15, -0.1) is 5.10 Å². The topological polar surface area (TPSA) is 75.8 Å². The third-order valence-corrected chi connectivity index (χ3v) is 6.32. The van der Waals surface area contributed by atoms with Crippen LogP contribution in [0.5, 0.6) is 0 Å². The average molecular weight is 412 g/mol. The quantitative estimate of drug-likeness (QED) is 0.426. The minimum Gasteiger partial charge on any atom is -0.357 e. The molecule has 0 spiro atoms. The molecule has 1 fully saturated rings. The normalized spacial score (nSPS) is 14.5. The molecule has 1 aliphatic rings. The van der Waals surface area contributed by atoms with Crippen molar-refractivity contribution < 1.29 is 0 Å². The minimum absolute atomic E-state index is 0.743. The van der Waals surface area contributed by atoms with Crippen LogP contribution < -0.4 is 5.32 Å². The monoisotopic (exact) mass is 411 g/mol. The standard InChI is InChI=1S/C24H25N7/c1-3-17(4-1)12-25-13-20-11-19-7-6-18(10-22(19)27-20)9-21-15-31(29-28-21)23-5-2-8-30-16-26-14-24(23)30/h2,5-8,10-11,14-17,25,27H,1,3-4,9,12-13H2. The van der Waals surface area contributed by atoms with Gasteiger partial charge in [0.2, 0.25) is 0 Å². The van der Waals surface area contributed by atoms with Crippen LogP contribution in [0.3, 0.4) is 0 Å². The van der Waals surface area contributed by atoms with Gasteiger partial charge < -0.3 is 14.7 Å². The number of aromatic nitrogens is 6. The average Bonchev–Trinajstić information content (AvgIpc) is 3.48. The Morgan fingerprint density at radius 1 is 1.16 bits per heavy atom. The van der Waals surface area contributed by atoms with Gasteiger partial charge >= 0.3 is 0 Å². The summed E-state index contributed by atoms with van der Waals surface area (Å²) in [6.45, 7) is 2.03. The molecule has 5 aromatic rings. The molecule has 31 heavy (non-hydrogen) atoms. The summed E-state index contributed by atoms with van der Waals surface area (Å²) in [5.74, 6) is 0.880. The number of nitrogens with one attached hydrogen (secondary N) is 2. The van der Waals surface area contributed by atoms with Crippen molar-refractivity contribution in [1.82, 2.24) is 34.7 Å². The lowest BCUT2D eigenvalue weighted by Crippen LogP contribution is -2.26. The molecule has 0 aliphatic heterocycles. The van der Waals surface area contributed by atoms with E-state index in [0.717, 1.165) is 42.3 Å². The van der Waals surface area contributed by atoms with Crippen LogP contribution in [-0.4, -0.2) is 35.9 Å². The predicted octanol–water partition coefficient (Wildman–Crippen LogP) is 3.88. The van der Waals surface area contributed by atoms with Gasteiger partial charge in [-0.25, -0.2) is 9.67 Å². The lowest BCUT2D eigenvalue weighted by molar-refractivity contribution is 0.301. The predicted molar refractivity (Wildman–Crippen MR) is 120 cm³/mol. The highest BCUT2D eigenvalue weighted by atomic mass is 15.4. The highest BCUT2D eigenvalue weighted by Gasteiger charge is 2.16. The van der Waals surface area contributed by atoms with Gasteiger partial charge in [0, 0.05) is 30.4 Å². The van der Waals surface area contributed by atoms with Crippen LogP contribution in [-0.2, 0) is 13.0 Å². The zero-order valence-corrected chi connectivity index (χ0v) is 17.3. The van der Waals surface area contributed by atoms with Gasteiger partial charge in [-0.3, -0.25) is 0 Å². The van der Waals surface area contributed by atoms with Crippen LogP contribution in [0, 0.1) is 5.92 Å². The Bertz CT molecular complexity index is 1340. The number of hydrogen-bond donors (Lipinski definition) is 2. The fraction of sp³-hybridized carbons (Fsp3) is 0.292. The van der Waals surface area contributed by atoms with Crippen LogP contribution >= 0.6 is 0 Å². The van der Waals surface area contributed by atoms with Crippen molar-refractivity contribution in [3.8, 4) is 5.69 Å². The second-order valence-electron chi connectivity index (χ2n) is 8.55. The van der Waals surface area contributed by atoms with Crippen LogP contribution in [0.1, 0.15) is 36.2 Å². The summed E-state index contributed by atoms with van der Waals surface area (Å²) >= 11 is 0. The summed E-state index contributed by atoms with van der Waals surface area (Å²) in [5, 5.41) is 13.6. The number of aromatic amines is 1. The molecule has 7 heteroatoms. The second kappa shape index (κ2) is 7.67. The third-order valence-electron chi connectivity index (χ3n) is 6.32. The summed E-state index contributed by atoms with van der Waals surface area (Å²) in [5.41, 5.74) is 6.55. The molecular weight excluding hydrogens is 386 g/mol. The zero-order valence-electron chi connectivity index (χ0n) is 17.3. The molecule has 4 heterocycles. The van der Waals surface area contributed by atoms with E-state index in [4.69, 9.17) is 0 Å². The summed E-state index contributed by atoms with van der Waals surface area (Å²) in [6, 6.07) is 12.9. The Balaban J connectivity index is 1.17. The minimum atomic E-state index is 0.743. The van der Waals surface area contributed by atoms with Crippen LogP contribution in [0.4, 0.5) is 0 Å². The molecule has 0 bridgehead atoms. The highest BCUT2D eigenvalue weighted by Crippen LogP contribution is 2.25. The van der Waals surface area contributed by atoms with Gasteiger partial charge in [0.25, 0.3) is 0 Å². The van der Waals surface area contributed by atoms with Crippen LogP contribution in [0.2, 0.25) is 0 Å². The van der Waals surface area contributed by atoms with E-state index in [1.165, 1.54) is 41.4 Å². The molecule has 2 N–H and O–H groups in total. The van der Waals surface area contributed by atoms with Crippen LogP contribution in [0.15, 0.2) is 61.3 Å². The molecule has 0 unspecified atom stereocenters. The smallest absolute Gasteiger partial charge is 0.0992 e. The summed E-state index contributed by atoms with van der Waals surface area (Å²) in [7, 11) is 0. The van der Waals surface area contributed by atoms with Crippen LogP contribution in [0.25, 0.3) is 22.1 Å². The zero-order chi connectivity index (χ0) is 20.6. The molecule has 4 aromatic heterocycles. The van der Waals surface area contributed by atoms with Crippen molar-refractivity contribution in [3.05, 3.63) is 78.3 Å². The number of hydrogen-bond acceptors (Lipinski definition) is 4. The van der Waals surface area contributed by atoms with Crippen molar-refractivity contribution in [2.75, 3.05) is 6.54 Å². The van der Waals surface area contributed by atoms with E-state index in [-0.39, 0.29) is 0 Å². The SMILES string of the molecule is c1cc(-n2cc(Cc3ccc4cc(CNCC5CCC5)[nH]c4c3)nn2)c2cncn2c1. The van der Waals surface area contributed by atoms with Gasteiger partial charge in [0.1, 0.15) is 0 Å². The number of benzene rings is 1. The molecular formula is C24H25N7. The number of H-pyrrole nitrogens is 1. The number of imidazole rings is 1. The maximum atomic E-state index is 4.40. The van der Waals surface area contributed by atoms with Crippen molar-refractivity contribution in [2.24, 2.45) is 5.92 Å². The molecule has 0 amide bonds. The van der Waals surface area contributed by atoms with E-state index in [1.54, 1.807) is 6.33 Å². The molecule has 0 atom stereocenters. The van der Waals surface area contributed by atoms with Crippen molar-refractivity contribution in [2.45, 2.75) is 32.2 Å². The molecule has 1 aromatic carbocycles. The fourth-order valence-corrected chi connectivity index (χ4v) is 4.38. The van der Waals surface area contributed by atoms with Crippen molar-refractivity contribution >= 4 is 16.4 Å². The van der Waals surface area contributed by atoms with Crippen molar-refractivity contribution in [3.63, 3.8) is 0 Å². The van der Waals surface area contributed by atoms with E-state index in [1.807, 2.05) is 39.8 Å². The van der Waals surface area contributed by atoms with Gasteiger partial charge in [0.05, 0.1) is 35.6 Å².